The van der Waals surface area contributed by atoms with Crippen molar-refractivity contribution in [2.24, 2.45) is 0 Å². The number of benzene rings is 3. The van der Waals surface area contributed by atoms with Gasteiger partial charge in [0.25, 0.3) is 15.9 Å². The predicted octanol–water partition coefficient (Wildman–Crippen LogP) is 4.54. The molecule has 5 aromatic rings. The number of aromatic hydroxyl groups is 1. The quantitative estimate of drug-likeness (QED) is 0.197. The predicted molar refractivity (Wildman–Crippen MR) is 153 cm³/mol. The van der Waals surface area contributed by atoms with Gasteiger partial charge in [-0.05, 0) is 42.5 Å². The number of hydrogen-bond acceptors (Lipinski definition) is 10. The van der Waals surface area contributed by atoms with Crippen molar-refractivity contribution in [2.45, 2.75) is 4.90 Å². The Morgan fingerprint density at radius 3 is 2.32 bits per heavy atom. The number of anilines is 4. The molecule has 5 rings (SSSR count). The molecule has 12 nitrogen and oxygen atoms in total. The van der Waals surface area contributed by atoms with E-state index in [9.17, 15) is 18.3 Å². The maximum absolute atomic E-state index is 13.5. The number of carbonyl (C=O) groups excluding carboxylic acids is 1. The minimum atomic E-state index is -4.21. The molecular weight excluding hydrogens is 548 g/mol. The molecule has 0 bridgehead atoms. The monoisotopic (exact) mass is 572 g/mol. The summed E-state index contributed by atoms with van der Waals surface area (Å²) in [6, 6.07) is 20.3. The Balaban J connectivity index is 1.46. The summed E-state index contributed by atoms with van der Waals surface area (Å²) in [6.45, 7) is 0. The molecule has 0 saturated carbocycles. The highest BCUT2D eigenvalue weighted by Crippen LogP contribution is 2.31. The van der Waals surface area contributed by atoms with Gasteiger partial charge in [0.05, 0.1) is 30.1 Å². The van der Waals surface area contributed by atoms with Crippen LogP contribution in [0.25, 0.3) is 11.0 Å². The second kappa shape index (κ2) is 11.4. The molecule has 0 aliphatic heterocycles. The van der Waals surface area contributed by atoms with Gasteiger partial charge in [-0.15, -0.1) is 0 Å². The molecule has 0 fully saturated rings. The van der Waals surface area contributed by atoms with E-state index in [0.717, 1.165) is 0 Å². The van der Waals surface area contributed by atoms with E-state index >= 15 is 0 Å². The Morgan fingerprint density at radius 2 is 1.59 bits per heavy atom. The van der Waals surface area contributed by atoms with Crippen LogP contribution in [0, 0.1) is 0 Å². The number of para-hydroxylation sites is 2. The summed E-state index contributed by atoms with van der Waals surface area (Å²) in [5.41, 5.74) is 1.78. The number of carbonyl (C=O) groups is 1. The normalized spacial score (nSPS) is 11.1. The average molecular weight is 573 g/mol. The van der Waals surface area contributed by atoms with Crippen molar-refractivity contribution < 1.29 is 27.8 Å². The Labute approximate surface area is 235 Å². The zero-order valence-electron chi connectivity index (χ0n) is 21.8. The van der Waals surface area contributed by atoms with Crippen LogP contribution in [0.3, 0.4) is 0 Å². The van der Waals surface area contributed by atoms with Crippen LogP contribution in [0.4, 0.5) is 23.0 Å². The fourth-order valence-corrected chi connectivity index (χ4v) is 4.97. The van der Waals surface area contributed by atoms with Crippen molar-refractivity contribution in [3.63, 3.8) is 0 Å². The first-order valence-corrected chi connectivity index (χ1v) is 13.6. The first kappa shape index (κ1) is 27.1. The van der Waals surface area contributed by atoms with Gasteiger partial charge in [0.2, 0.25) is 5.88 Å². The largest absolute Gasteiger partial charge is 0.508 e. The summed E-state index contributed by atoms with van der Waals surface area (Å²) in [5.74, 6) is -0.0640. The first-order chi connectivity index (χ1) is 19.8. The number of nitrogens with zero attached hydrogens (tertiary/aromatic N) is 3. The van der Waals surface area contributed by atoms with Crippen LogP contribution in [0.1, 0.15) is 10.4 Å². The van der Waals surface area contributed by atoms with Crippen LogP contribution >= 0.6 is 0 Å². The second-order valence-corrected chi connectivity index (χ2v) is 10.3. The van der Waals surface area contributed by atoms with Gasteiger partial charge in [-0.3, -0.25) is 9.52 Å². The SMILES string of the molecule is COc1cc(O)cc(Nc2nc3ccccc3nc2NS(=O)(=O)c2cccc(NC(=O)c3cccnc3OC)c2)c1. The van der Waals surface area contributed by atoms with Crippen molar-refractivity contribution in [3.8, 4) is 17.4 Å². The van der Waals surface area contributed by atoms with Crippen LogP contribution in [-0.2, 0) is 10.0 Å². The maximum Gasteiger partial charge on any atom is 0.263 e. The van der Waals surface area contributed by atoms with Crippen LogP contribution < -0.4 is 24.8 Å². The molecule has 0 aliphatic rings. The highest BCUT2D eigenvalue weighted by molar-refractivity contribution is 7.92. The van der Waals surface area contributed by atoms with Gasteiger partial charge in [0, 0.05) is 35.8 Å². The second-order valence-electron chi connectivity index (χ2n) is 8.60. The van der Waals surface area contributed by atoms with Gasteiger partial charge in [-0.25, -0.2) is 23.4 Å². The molecule has 208 valence electrons. The van der Waals surface area contributed by atoms with Crippen LogP contribution in [0.15, 0.2) is 90.0 Å². The fourth-order valence-electron chi connectivity index (χ4n) is 3.92. The Kier molecular flexibility index (Phi) is 7.52. The number of aromatic nitrogens is 3. The standard InChI is InChI=1S/C28H24N6O6S/c1-39-20-14-18(13-19(35)16-20)30-25-26(33-24-11-4-3-10-23(24)32-25)34-41(37,38)21-8-5-7-17(15-21)31-27(36)22-9-6-12-29-28(22)40-2/h3-16,35H,1-2H3,(H,30,32)(H,31,36)(H,33,34). The Morgan fingerprint density at radius 1 is 0.829 bits per heavy atom. The third-order valence-electron chi connectivity index (χ3n) is 5.80. The number of amides is 1. The van der Waals surface area contributed by atoms with Gasteiger partial charge in [0.15, 0.2) is 11.6 Å². The lowest BCUT2D eigenvalue weighted by Gasteiger charge is -2.15. The molecule has 0 atom stereocenters. The summed E-state index contributed by atoms with van der Waals surface area (Å²) >= 11 is 0. The lowest BCUT2D eigenvalue weighted by atomic mass is 10.2. The van der Waals surface area contributed by atoms with E-state index in [1.54, 1.807) is 42.5 Å². The molecule has 41 heavy (non-hydrogen) atoms. The summed E-state index contributed by atoms with van der Waals surface area (Å²) in [5, 5.41) is 15.7. The number of methoxy groups -OCH3 is 2. The summed E-state index contributed by atoms with van der Waals surface area (Å²) < 4.78 is 39.8. The molecule has 3 aromatic carbocycles. The molecular formula is C28H24N6O6S. The van der Waals surface area contributed by atoms with E-state index in [1.807, 2.05) is 0 Å². The van der Waals surface area contributed by atoms with Gasteiger partial charge in [0.1, 0.15) is 17.1 Å². The Hall–Kier alpha value is -5.43. The van der Waals surface area contributed by atoms with E-state index in [2.05, 4.69) is 30.3 Å². The van der Waals surface area contributed by atoms with Crippen LogP contribution in [0.2, 0.25) is 0 Å². The summed E-state index contributed by atoms with van der Waals surface area (Å²) in [4.78, 5) is 25.7. The maximum atomic E-state index is 13.5. The van der Waals surface area contributed by atoms with E-state index in [0.29, 0.717) is 22.5 Å². The molecule has 1 amide bonds. The smallest absolute Gasteiger partial charge is 0.263 e. The molecule has 2 aromatic heterocycles. The fraction of sp³-hybridized carbons (Fsp3) is 0.0714. The van der Waals surface area contributed by atoms with Crippen LogP contribution in [0.5, 0.6) is 17.4 Å². The van der Waals surface area contributed by atoms with Gasteiger partial charge >= 0.3 is 0 Å². The van der Waals surface area contributed by atoms with Crippen molar-refractivity contribution >= 4 is 50.0 Å². The first-order valence-electron chi connectivity index (χ1n) is 12.1. The minimum absolute atomic E-state index is 0.0644. The highest BCUT2D eigenvalue weighted by Gasteiger charge is 2.21. The molecule has 0 saturated heterocycles. The van der Waals surface area contributed by atoms with Crippen molar-refractivity contribution in [2.75, 3.05) is 29.6 Å². The van der Waals surface area contributed by atoms with E-state index in [1.165, 1.54) is 56.8 Å². The lowest BCUT2D eigenvalue weighted by Crippen LogP contribution is -2.17. The average Bonchev–Trinajstić information content (AvgIpc) is 2.97. The van der Waals surface area contributed by atoms with Crippen molar-refractivity contribution in [1.29, 1.82) is 0 Å². The van der Waals surface area contributed by atoms with Crippen LogP contribution in [-0.4, -0.2) is 48.6 Å². The number of phenolic OH excluding ortho intramolecular Hbond substituents is 1. The minimum Gasteiger partial charge on any atom is -0.508 e. The van der Waals surface area contributed by atoms with E-state index in [-0.39, 0.29) is 39.4 Å². The number of fused-ring (bicyclic) bond motifs is 1. The molecule has 13 heteroatoms. The van der Waals surface area contributed by atoms with Gasteiger partial charge < -0.3 is 25.2 Å². The number of sulfonamides is 1. The zero-order chi connectivity index (χ0) is 29.0. The van der Waals surface area contributed by atoms with Crippen molar-refractivity contribution in [1.82, 2.24) is 15.0 Å². The molecule has 0 aliphatic carbocycles. The van der Waals surface area contributed by atoms with E-state index in [4.69, 9.17) is 9.47 Å². The molecule has 0 unspecified atom stereocenters. The Bertz CT molecular complexity index is 1870. The van der Waals surface area contributed by atoms with Gasteiger partial charge in [-0.1, -0.05) is 18.2 Å². The topological polar surface area (TPSA) is 165 Å². The number of nitrogens with one attached hydrogen (secondary N) is 3. The lowest BCUT2D eigenvalue weighted by molar-refractivity contribution is 0.102. The molecule has 4 N–H and O–H groups in total. The molecule has 2 heterocycles. The number of pyridine rings is 1. The number of rotatable bonds is 9. The summed E-state index contributed by atoms with van der Waals surface area (Å²) in [6.07, 6.45) is 1.49. The summed E-state index contributed by atoms with van der Waals surface area (Å²) in [7, 11) is -1.36. The molecule has 0 spiro atoms. The highest BCUT2D eigenvalue weighted by atomic mass is 32.2. The number of ether oxygens (including phenoxy) is 2. The van der Waals surface area contributed by atoms with Gasteiger partial charge in [-0.2, -0.15) is 0 Å². The number of hydrogen-bond donors (Lipinski definition) is 4. The zero-order valence-corrected chi connectivity index (χ0v) is 22.6. The van der Waals surface area contributed by atoms with Crippen molar-refractivity contribution in [3.05, 3.63) is 90.6 Å². The molecule has 0 radical (unpaired) electrons. The third-order valence-corrected chi connectivity index (χ3v) is 7.14. The number of phenols is 1. The third kappa shape index (κ3) is 6.09. The van der Waals surface area contributed by atoms with E-state index < -0.39 is 15.9 Å².